The first-order chi connectivity index (χ1) is 14.7. The molecule has 0 aliphatic heterocycles. The zero-order valence-corrected chi connectivity index (χ0v) is 22.8. The number of hydrogen-bond acceptors (Lipinski definition) is 3. The minimum absolute atomic E-state index is 0.152. The zero-order chi connectivity index (χ0) is 24.6. The molecule has 2 rings (SSSR count). The van der Waals surface area contributed by atoms with E-state index in [0.29, 0.717) is 47.2 Å². The third-order valence-electron chi connectivity index (χ3n) is 7.73. The Morgan fingerprint density at radius 3 is 1.88 bits per heavy atom. The van der Waals surface area contributed by atoms with Crippen molar-refractivity contribution in [1.82, 2.24) is 0 Å². The van der Waals surface area contributed by atoms with E-state index < -0.39 is 12.0 Å². The van der Waals surface area contributed by atoms with Gasteiger partial charge in [0.25, 0.3) is 0 Å². The monoisotopic (exact) mass is 461 g/mol. The number of thioether (sulfide) groups is 1. The molecule has 1 aliphatic rings. The van der Waals surface area contributed by atoms with Crippen molar-refractivity contribution in [2.24, 2.45) is 52.6 Å². The molecule has 1 aromatic carbocycles. The Bertz CT molecular complexity index is 765. The van der Waals surface area contributed by atoms with Gasteiger partial charge in [-0.3, -0.25) is 4.79 Å². The molecule has 6 unspecified atom stereocenters. The van der Waals surface area contributed by atoms with E-state index in [1.165, 1.54) is 11.1 Å². The van der Waals surface area contributed by atoms with Gasteiger partial charge in [-0.15, -0.1) is 11.8 Å². The standard InChI is InChI=1S/C28H47NO2S/c1-16(2)22-23(17(3)4)28(32-15-21(29)26(30)31,20-13-11-19(7)12-14-20)24(18(5)6)25(22)27(8,9)10/h11-14,16-18,21-25H,15,29H2,1-10H3,(H,30,31). The summed E-state index contributed by atoms with van der Waals surface area (Å²) >= 11 is 1.83. The van der Waals surface area contributed by atoms with Gasteiger partial charge in [0.15, 0.2) is 0 Å². The van der Waals surface area contributed by atoms with Crippen LogP contribution in [0.4, 0.5) is 0 Å². The lowest BCUT2D eigenvalue weighted by atomic mass is 9.64. The first-order valence-electron chi connectivity index (χ1n) is 12.4. The first kappa shape index (κ1) is 27.2. The van der Waals surface area contributed by atoms with Gasteiger partial charge in [-0.05, 0) is 59.3 Å². The van der Waals surface area contributed by atoms with Crippen LogP contribution in [0.15, 0.2) is 24.3 Å². The minimum Gasteiger partial charge on any atom is -0.480 e. The number of carboxylic acid groups (broad SMARTS) is 1. The number of hydrogen-bond donors (Lipinski definition) is 2. The summed E-state index contributed by atoms with van der Waals surface area (Å²) < 4.78 is -0.171. The molecule has 0 saturated heterocycles. The SMILES string of the molecule is Cc1ccc(C2(SCC(N)C(=O)O)C(C(C)C)C(C(C)C)C(C(C)(C)C)C2C(C)C)cc1. The highest BCUT2D eigenvalue weighted by atomic mass is 32.2. The Morgan fingerprint density at radius 2 is 1.50 bits per heavy atom. The zero-order valence-electron chi connectivity index (χ0n) is 22.0. The number of rotatable bonds is 8. The van der Waals surface area contributed by atoms with Gasteiger partial charge < -0.3 is 10.8 Å². The molecule has 32 heavy (non-hydrogen) atoms. The molecule has 4 heteroatoms. The Balaban J connectivity index is 2.87. The van der Waals surface area contributed by atoms with Crippen LogP contribution >= 0.6 is 11.8 Å². The van der Waals surface area contributed by atoms with Crippen molar-refractivity contribution >= 4 is 17.7 Å². The number of aliphatic carboxylic acids is 1. The number of carboxylic acids is 1. The topological polar surface area (TPSA) is 63.3 Å². The fourth-order valence-corrected chi connectivity index (χ4v) is 8.94. The van der Waals surface area contributed by atoms with E-state index in [0.717, 1.165) is 0 Å². The van der Waals surface area contributed by atoms with Crippen LogP contribution in [0, 0.1) is 53.8 Å². The van der Waals surface area contributed by atoms with Crippen molar-refractivity contribution < 1.29 is 9.90 Å². The van der Waals surface area contributed by atoms with Gasteiger partial charge in [0, 0.05) is 10.5 Å². The van der Waals surface area contributed by atoms with Crippen LogP contribution in [0.1, 0.15) is 73.4 Å². The van der Waals surface area contributed by atoms with Gasteiger partial charge in [0.1, 0.15) is 6.04 Å². The molecule has 0 aromatic heterocycles. The van der Waals surface area contributed by atoms with E-state index >= 15 is 0 Å². The van der Waals surface area contributed by atoms with Crippen molar-refractivity contribution in [3.8, 4) is 0 Å². The second-order valence-electron chi connectivity index (χ2n) is 12.2. The summed E-state index contributed by atoms with van der Waals surface area (Å²) in [5, 5.41) is 9.58. The van der Waals surface area contributed by atoms with Crippen molar-refractivity contribution in [1.29, 1.82) is 0 Å². The van der Waals surface area contributed by atoms with E-state index in [9.17, 15) is 9.90 Å². The molecule has 0 heterocycles. The van der Waals surface area contributed by atoms with Crippen LogP contribution in [0.2, 0.25) is 0 Å². The fraction of sp³-hybridized carbons (Fsp3) is 0.750. The molecule has 6 atom stereocenters. The van der Waals surface area contributed by atoms with Gasteiger partial charge in [-0.25, -0.2) is 0 Å². The normalized spacial score (nSPS) is 29.8. The van der Waals surface area contributed by atoms with Gasteiger partial charge in [-0.2, -0.15) is 0 Å². The highest BCUT2D eigenvalue weighted by Crippen LogP contribution is 2.69. The van der Waals surface area contributed by atoms with Gasteiger partial charge in [0.2, 0.25) is 0 Å². The summed E-state index contributed by atoms with van der Waals surface area (Å²) in [5.41, 5.74) is 8.85. The van der Waals surface area contributed by atoms with Gasteiger partial charge >= 0.3 is 5.97 Å². The molecule has 0 bridgehead atoms. The third-order valence-corrected chi connectivity index (χ3v) is 9.52. The lowest BCUT2D eigenvalue weighted by Crippen LogP contribution is -2.43. The predicted octanol–water partition coefficient (Wildman–Crippen LogP) is 6.83. The fourth-order valence-electron chi connectivity index (χ4n) is 6.81. The highest BCUT2D eigenvalue weighted by molar-refractivity contribution is 8.00. The van der Waals surface area contributed by atoms with Crippen LogP contribution in [0.25, 0.3) is 0 Å². The van der Waals surface area contributed by atoms with Crippen molar-refractivity contribution in [3.05, 3.63) is 35.4 Å². The highest BCUT2D eigenvalue weighted by Gasteiger charge is 2.64. The van der Waals surface area contributed by atoms with E-state index in [2.05, 4.69) is 93.5 Å². The molecular formula is C28H47NO2S. The molecule has 1 aliphatic carbocycles. The summed E-state index contributed by atoms with van der Waals surface area (Å²) in [7, 11) is 0. The first-order valence-corrected chi connectivity index (χ1v) is 13.3. The van der Waals surface area contributed by atoms with Gasteiger partial charge in [0.05, 0.1) is 0 Å². The lowest BCUT2D eigenvalue weighted by Gasteiger charge is -2.46. The Morgan fingerprint density at radius 1 is 1.00 bits per heavy atom. The number of benzene rings is 1. The molecular weight excluding hydrogens is 414 g/mol. The second-order valence-corrected chi connectivity index (χ2v) is 13.5. The molecule has 3 nitrogen and oxygen atoms in total. The van der Waals surface area contributed by atoms with Crippen LogP contribution in [-0.2, 0) is 9.54 Å². The molecule has 1 aromatic rings. The van der Waals surface area contributed by atoms with Crippen molar-refractivity contribution in [3.63, 3.8) is 0 Å². The average Bonchev–Trinajstić information content (AvgIpc) is 2.99. The minimum atomic E-state index is -0.912. The van der Waals surface area contributed by atoms with Crippen molar-refractivity contribution in [2.75, 3.05) is 5.75 Å². The Labute approximate surface area is 201 Å². The van der Waals surface area contributed by atoms with Crippen molar-refractivity contribution in [2.45, 2.75) is 80.0 Å². The second kappa shape index (κ2) is 10.1. The molecule has 3 N–H and O–H groups in total. The van der Waals surface area contributed by atoms with E-state index in [-0.39, 0.29) is 10.2 Å². The Kier molecular flexibility index (Phi) is 8.59. The van der Waals surface area contributed by atoms with Crippen LogP contribution in [0.3, 0.4) is 0 Å². The maximum atomic E-state index is 11.7. The number of nitrogens with two attached hydrogens (primary N) is 1. The summed E-state index contributed by atoms with van der Waals surface area (Å²) in [6.45, 7) is 23.6. The molecule has 0 radical (unpaired) electrons. The quantitative estimate of drug-likeness (QED) is 0.445. The number of aryl methyl sites for hydroxylation is 1. The van der Waals surface area contributed by atoms with E-state index in [4.69, 9.17) is 5.73 Å². The summed E-state index contributed by atoms with van der Waals surface area (Å²) in [6.07, 6.45) is 0. The Hall–Kier alpha value is -1.00. The van der Waals surface area contributed by atoms with E-state index in [1.807, 2.05) is 11.8 Å². The van der Waals surface area contributed by atoms with Gasteiger partial charge in [-0.1, -0.05) is 92.1 Å². The van der Waals surface area contributed by atoms with Crippen LogP contribution < -0.4 is 5.73 Å². The molecule has 182 valence electrons. The molecule has 1 fully saturated rings. The molecule has 0 amide bonds. The summed E-state index contributed by atoms with van der Waals surface area (Å²) in [4.78, 5) is 11.7. The predicted molar refractivity (Wildman–Crippen MR) is 139 cm³/mol. The molecule has 0 spiro atoms. The van der Waals surface area contributed by atoms with E-state index in [1.54, 1.807) is 0 Å². The molecule has 1 saturated carbocycles. The average molecular weight is 462 g/mol. The number of carbonyl (C=O) groups is 1. The summed E-state index contributed by atoms with van der Waals surface area (Å²) in [6, 6.07) is 8.20. The largest absolute Gasteiger partial charge is 0.480 e. The smallest absolute Gasteiger partial charge is 0.321 e. The maximum Gasteiger partial charge on any atom is 0.321 e. The third kappa shape index (κ3) is 5.06. The van der Waals surface area contributed by atoms with Crippen LogP contribution in [0.5, 0.6) is 0 Å². The lowest BCUT2D eigenvalue weighted by molar-refractivity contribution is -0.137. The summed E-state index contributed by atoms with van der Waals surface area (Å²) in [5.74, 6) is 2.96. The van der Waals surface area contributed by atoms with Crippen LogP contribution in [-0.4, -0.2) is 22.9 Å². The maximum absolute atomic E-state index is 11.7.